The normalized spacial score (nSPS) is 11.7. The molecule has 0 aromatic heterocycles. The number of hydrogen-bond acceptors (Lipinski definition) is 2. The largest absolute Gasteiger partial charge is 0.444 e. The minimum Gasteiger partial charge on any atom is -0.444 e. The third-order valence-electron chi connectivity index (χ3n) is 2.31. The molecule has 0 radical (unpaired) electrons. The van der Waals surface area contributed by atoms with Crippen LogP contribution >= 0.6 is 31.9 Å². The first-order valence-corrected chi connectivity index (χ1v) is 8.05. The summed E-state index contributed by atoms with van der Waals surface area (Å²) in [4.78, 5) is 11.4. The van der Waals surface area contributed by atoms with Gasteiger partial charge in [-0.25, -0.2) is 9.18 Å². The molecule has 0 aliphatic carbocycles. The molecule has 0 unspecified atom stereocenters. The molecule has 116 valence electrons. The molecule has 6 heteroatoms. The number of benzene rings is 1. The van der Waals surface area contributed by atoms with Gasteiger partial charge in [0.25, 0.3) is 0 Å². The van der Waals surface area contributed by atoms with E-state index in [1.54, 1.807) is 39.0 Å². The molecular formula is C15H18Br2FNO2. The molecule has 1 amide bonds. The van der Waals surface area contributed by atoms with E-state index in [1.807, 2.05) is 0 Å². The number of amides is 1. The summed E-state index contributed by atoms with van der Waals surface area (Å²) in [5.74, 6) is -0.312. The zero-order chi connectivity index (χ0) is 16.0. The minimum atomic E-state index is -0.509. The second-order valence-electron chi connectivity index (χ2n) is 5.40. The fraction of sp³-hybridized carbons (Fsp3) is 0.400. The summed E-state index contributed by atoms with van der Waals surface area (Å²) < 4.78 is 20.2. The Kier molecular flexibility index (Phi) is 6.87. The van der Waals surface area contributed by atoms with E-state index in [9.17, 15) is 9.18 Å². The van der Waals surface area contributed by atoms with Gasteiger partial charge in [-0.05, 0) is 39.3 Å². The Morgan fingerprint density at radius 2 is 2.05 bits per heavy atom. The van der Waals surface area contributed by atoms with Crippen LogP contribution in [0.5, 0.6) is 0 Å². The van der Waals surface area contributed by atoms with Crippen LogP contribution in [0.2, 0.25) is 0 Å². The van der Waals surface area contributed by atoms with Crippen molar-refractivity contribution in [1.29, 1.82) is 0 Å². The zero-order valence-electron chi connectivity index (χ0n) is 12.2. The van der Waals surface area contributed by atoms with E-state index in [2.05, 4.69) is 37.2 Å². The number of halogens is 3. The van der Waals surface area contributed by atoms with Crippen LogP contribution in [0.1, 0.15) is 32.8 Å². The van der Waals surface area contributed by atoms with Gasteiger partial charge in [-0.2, -0.15) is 0 Å². The summed E-state index contributed by atoms with van der Waals surface area (Å²) in [5, 5.41) is 2.64. The Labute approximate surface area is 141 Å². The molecular weight excluding hydrogens is 405 g/mol. The topological polar surface area (TPSA) is 38.3 Å². The average molecular weight is 423 g/mol. The lowest BCUT2D eigenvalue weighted by atomic mass is 10.2. The van der Waals surface area contributed by atoms with Crippen molar-refractivity contribution in [2.45, 2.75) is 32.8 Å². The van der Waals surface area contributed by atoms with Crippen LogP contribution in [0.15, 0.2) is 27.2 Å². The van der Waals surface area contributed by atoms with Crippen LogP contribution in [0.3, 0.4) is 0 Å². The Bertz CT molecular complexity index is 516. The molecule has 0 aliphatic heterocycles. The molecule has 0 atom stereocenters. The maximum Gasteiger partial charge on any atom is 0.407 e. The Balaban J connectivity index is 2.45. The number of nitrogens with one attached hydrogen (secondary N) is 1. The van der Waals surface area contributed by atoms with Crippen molar-refractivity contribution in [3.8, 4) is 0 Å². The summed E-state index contributed by atoms with van der Waals surface area (Å²) in [6.07, 6.45) is 3.62. The molecule has 0 bridgehead atoms. The number of rotatable bonds is 4. The van der Waals surface area contributed by atoms with Gasteiger partial charge in [0.15, 0.2) is 0 Å². The smallest absolute Gasteiger partial charge is 0.407 e. The van der Waals surface area contributed by atoms with E-state index < -0.39 is 11.7 Å². The number of carbonyl (C=O) groups is 1. The summed E-state index contributed by atoms with van der Waals surface area (Å²) in [6.45, 7) is 5.85. The predicted molar refractivity (Wildman–Crippen MR) is 89.7 cm³/mol. The van der Waals surface area contributed by atoms with Gasteiger partial charge < -0.3 is 10.1 Å². The molecule has 0 fully saturated rings. The van der Waals surface area contributed by atoms with Crippen molar-refractivity contribution in [1.82, 2.24) is 5.32 Å². The van der Waals surface area contributed by atoms with Crippen LogP contribution in [-0.4, -0.2) is 18.2 Å². The van der Waals surface area contributed by atoms with Crippen LogP contribution in [-0.2, 0) is 4.74 Å². The van der Waals surface area contributed by atoms with Gasteiger partial charge >= 0.3 is 6.09 Å². The highest BCUT2D eigenvalue weighted by Gasteiger charge is 2.15. The lowest BCUT2D eigenvalue weighted by Crippen LogP contribution is -2.32. The van der Waals surface area contributed by atoms with E-state index in [4.69, 9.17) is 4.74 Å². The first-order valence-electron chi connectivity index (χ1n) is 6.47. The van der Waals surface area contributed by atoms with E-state index in [1.165, 1.54) is 6.07 Å². The van der Waals surface area contributed by atoms with E-state index >= 15 is 0 Å². The van der Waals surface area contributed by atoms with Gasteiger partial charge in [-0.15, -0.1) is 0 Å². The Hall–Kier alpha value is -0.880. The maximum atomic E-state index is 13.7. The first-order chi connectivity index (χ1) is 9.69. The van der Waals surface area contributed by atoms with Gasteiger partial charge in [0.1, 0.15) is 11.4 Å². The monoisotopic (exact) mass is 421 g/mol. The molecule has 0 spiro atoms. The number of hydrogen-bond donors (Lipinski definition) is 1. The molecule has 0 saturated heterocycles. The number of ether oxygens (including phenoxy) is 1. The van der Waals surface area contributed by atoms with Gasteiger partial charge in [0.2, 0.25) is 0 Å². The van der Waals surface area contributed by atoms with Crippen LogP contribution in [0.25, 0.3) is 6.08 Å². The molecule has 21 heavy (non-hydrogen) atoms. The second kappa shape index (κ2) is 7.94. The van der Waals surface area contributed by atoms with E-state index in [0.717, 1.165) is 0 Å². The standard InChI is InChI=1S/C15H18Br2FNO2/c1-15(2,3)21-14(20)19-7-5-4-6-11-12(17)8-10(16)9-13(11)18/h4,6,8-9H,5,7H2,1-3H3,(H,19,20). The predicted octanol–water partition coefficient (Wildman–Crippen LogP) is 5.28. The van der Waals surface area contributed by atoms with Crippen molar-refractivity contribution in [3.63, 3.8) is 0 Å². The second-order valence-corrected chi connectivity index (χ2v) is 7.17. The highest BCUT2D eigenvalue weighted by molar-refractivity contribution is 9.11. The zero-order valence-corrected chi connectivity index (χ0v) is 15.3. The molecule has 0 aliphatic rings. The fourth-order valence-corrected chi connectivity index (χ4v) is 2.79. The van der Waals surface area contributed by atoms with Gasteiger partial charge in [0.05, 0.1) is 0 Å². The average Bonchev–Trinajstić information content (AvgIpc) is 2.29. The first kappa shape index (κ1) is 18.2. The van der Waals surface area contributed by atoms with E-state index in [0.29, 0.717) is 27.5 Å². The molecule has 0 saturated carbocycles. The summed E-state index contributed by atoms with van der Waals surface area (Å²) in [5.41, 5.74) is -0.0267. The lowest BCUT2D eigenvalue weighted by Gasteiger charge is -2.19. The van der Waals surface area contributed by atoms with Crippen LogP contribution in [0, 0.1) is 5.82 Å². The quantitative estimate of drug-likeness (QED) is 0.670. The molecule has 0 heterocycles. The Morgan fingerprint density at radius 1 is 1.38 bits per heavy atom. The molecule has 1 aromatic rings. The minimum absolute atomic E-state index is 0.312. The number of carbonyl (C=O) groups excluding carboxylic acids is 1. The molecule has 1 N–H and O–H groups in total. The third-order valence-corrected chi connectivity index (χ3v) is 3.42. The van der Waals surface area contributed by atoms with Crippen molar-refractivity contribution < 1.29 is 13.9 Å². The van der Waals surface area contributed by atoms with Crippen LogP contribution in [0.4, 0.5) is 9.18 Å². The molecule has 3 nitrogen and oxygen atoms in total. The number of alkyl carbamates (subject to hydrolysis) is 1. The molecule has 1 aromatic carbocycles. The maximum absolute atomic E-state index is 13.7. The third kappa shape index (κ3) is 7.09. The highest BCUT2D eigenvalue weighted by atomic mass is 79.9. The van der Waals surface area contributed by atoms with E-state index in [-0.39, 0.29) is 5.82 Å². The summed E-state index contributed by atoms with van der Waals surface area (Å²) >= 11 is 6.54. The lowest BCUT2D eigenvalue weighted by molar-refractivity contribution is 0.0529. The van der Waals surface area contributed by atoms with Crippen molar-refractivity contribution >= 4 is 44.0 Å². The SMILES string of the molecule is CC(C)(C)OC(=O)NCCC=Cc1c(F)cc(Br)cc1Br. The van der Waals surface area contributed by atoms with Crippen LogP contribution < -0.4 is 5.32 Å². The molecule has 1 rings (SSSR count). The van der Waals surface area contributed by atoms with Crippen molar-refractivity contribution in [3.05, 3.63) is 38.5 Å². The van der Waals surface area contributed by atoms with Crippen molar-refractivity contribution in [2.75, 3.05) is 6.54 Å². The fourth-order valence-electron chi connectivity index (χ4n) is 1.49. The van der Waals surface area contributed by atoms with Gasteiger partial charge in [-0.3, -0.25) is 0 Å². The highest BCUT2D eigenvalue weighted by Crippen LogP contribution is 2.26. The van der Waals surface area contributed by atoms with Crippen molar-refractivity contribution in [2.24, 2.45) is 0 Å². The Morgan fingerprint density at radius 3 is 2.62 bits per heavy atom. The van der Waals surface area contributed by atoms with Gasteiger partial charge in [-0.1, -0.05) is 44.0 Å². The van der Waals surface area contributed by atoms with Gasteiger partial charge in [0, 0.05) is 21.1 Å². The summed E-state index contributed by atoms with van der Waals surface area (Å²) in [7, 11) is 0. The summed E-state index contributed by atoms with van der Waals surface area (Å²) in [6, 6.07) is 3.19.